The molecule has 210 valence electrons. The largest absolute Gasteiger partial charge is 0.494 e. The number of nitrogens with one attached hydrogen (secondary N) is 1. The molecular formula is C30H36BN3O6. The summed E-state index contributed by atoms with van der Waals surface area (Å²) in [6.07, 6.45) is 6.59. The SMILES string of the molecule is COc1ncc(C(=O)NC2CC3(C2)CC(C(=O)O)C3)c2c1ccn2Cc1ccc(B2OC(C)(C)C(C)(C)O2)cc1. The molecule has 10 heteroatoms. The van der Waals surface area contributed by atoms with Crippen LogP contribution in [-0.4, -0.2) is 58.0 Å². The second kappa shape index (κ2) is 9.34. The van der Waals surface area contributed by atoms with Gasteiger partial charge < -0.3 is 29.0 Å². The Morgan fingerprint density at radius 2 is 1.73 bits per heavy atom. The van der Waals surface area contributed by atoms with Crippen molar-refractivity contribution in [3.05, 3.63) is 53.9 Å². The maximum atomic E-state index is 13.4. The predicted molar refractivity (Wildman–Crippen MR) is 151 cm³/mol. The average molecular weight is 545 g/mol. The zero-order chi connectivity index (χ0) is 28.4. The van der Waals surface area contributed by atoms with Gasteiger partial charge in [0, 0.05) is 25.0 Å². The molecule has 2 N–H and O–H groups in total. The number of aliphatic carboxylic acids is 1. The lowest BCUT2D eigenvalue weighted by Gasteiger charge is -2.56. The summed E-state index contributed by atoms with van der Waals surface area (Å²) in [6.45, 7) is 8.73. The summed E-state index contributed by atoms with van der Waals surface area (Å²) in [4.78, 5) is 29.0. The van der Waals surface area contributed by atoms with Crippen LogP contribution in [-0.2, 0) is 20.6 Å². The number of hydrogen-bond acceptors (Lipinski definition) is 6. The summed E-state index contributed by atoms with van der Waals surface area (Å²) in [7, 11) is 1.15. The lowest BCUT2D eigenvalue weighted by Crippen LogP contribution is -2.57. The fraction of sp³-hybridized carbons (Fsp3) is 0.500. The Morgan fingerprint density at radius 3 is 2.33 bits per heavy atom. The molecule has 6 rings (SSSR count). The van der Waals surface area contributed by atoms with Crippen molar-refractivity contribution in [1.82, 2.24) is 14.9 Å². The van der Waals surface area contributed by atoms with Crippen molar-refractivity contribution < 1.29 is 28.7 Å². The maximum absolute atomic E-state index is 13.4. The molecule has 0 bridgehead atoms. The number of fused-ring (bicyclic) bond motifs is 1. The molecule has 0 atom stereocenters. The molecule has 3 fully saturated rings. The van der Waals surface area contributed by atoms with E-state index >= 15 is 0 Å². The smallest absolute Gasteiger partial charge is 0.481 e. The Labute approximate surface area is 234 Å². The molecule has 0 unspecified atom stereocenters. The number of carboxylic acids is 1. The van der Waals surface area contributed by atoms with Gasteiger partial charge in [0.25, 0.3) is 5.91 Å². The number of nitrogens with zero attached hydrogens (tertiary/aromatic N) is 2. The van der Waals surface area contributed by atoms with Crippen molar-refractivity contribution in [3.8, 4) is 5.88 Å². The molecule has 1 saturated heterocycles. The molecule has 3 aromatic rings. The third-order valence-corrected chi connectivity index (χ3v) is 9.46. The summed E-state index contributed by atoms with van der Waals surface area (Å²) >= 11 is 0. The first-order valence-electron chi connectivity index (χ1n) is 13.9. The maximum Gasteiger partial charge on any atom is 0.494 e. The van der Waals surface area contributed by atoms with Crippen LogP contribution in [0.1, 0.15) is 69.3 Å². The minimum absolute atomic E-state index is 0.0466. The van der Waals surface area contributed by atoms with Gasteiger partial charge >= 0.3 is 13.1 Å². The van der Waals surface area contributed by atoms with Crippen LogP contribution in [0.2, 0.25) is 0 Å². The zero-order valence-corrected chi connectivity index (χ0v) is 23.7. The molecule has 1 amide bonds. The molecule has 1 aliphatic heterocycles. The molecule has 3 heterocycles. The second-order valence-electron chi connectivity index (χ2n) is 12.7. The highest BCUT2D eigenvalue weighted by atomic mass is 16.7. The molecule has 40 heavy (non-hydrogen) atoms. The van der Waals surface area contributed by atoms with E-state index in [0.717, 1.165) is 34.8 Å². The molecular weight excluding hydrogens is 509 g/mol. The Balaban J connectivity index is 1.19. The van der Waals surface area contributed by atoms with Crippen LogP contribution in [0.25, 0.3) is 10.9 Å². The molecule has 1 aromatic carbocycles. The summed E-state index contributed by atoms with van der Waals surface area (Å²) in [5.74, 6) is -0.659. The van der Waals surface area contributed by atoms with Crippen LogP contribution in [0, 0.1) is 11.3 Å². The molecule has 9 nitrogen and oxygen atoms in total. The minimum atomic E-state index is -0.715. The fourth-order valence-electron chi connectivity index (χ4n) is 6.46. The van der Waals surface area contributed by atoms with E-state index in [-0.39, 0.29) is 23.3 Å². The normalized spacial score (nSPS) is 26.4. The van der Waals surface area contributed by atoms with Crippen LogP contribution in [0.5, 0.6) is 5.88 Å². The van der Waals surface area contributed by atoms with Crippen LogP contribution in [0.4, 0.5) is 0 Å². The number of rotatable bonds is 7. The highest BCUT2D eigenvalue weighted by molar-refractivity contribution is 6.62. The summed E-state index contributed by atoms with van der Waals surface area (Å²) in [5, 5.41) is 13.1. The van der Waals surface area contributed by atoms with E-state index in [2.05, 4.69) is 22.4 Å². The van der Waals surface area contributed by atoms with Gasteiger partial charge in [-0.05, 0) is 75.9 Å². The number of hydrogen-bond donors (Lipinski definition) is 2. The van der Waals surface area contributed by atoms with Crippen molar-refractivity contribution in [1.29, 1.82) is 0 Å². The number of benzene rings is 1. The topological polar surface area (TPSA) is 112 Å². The van der Waals surface area contributed by atoms with E-state index in [1.807, 2.05) is 56.7 Å². The van der Waals surface area contributed by atoms with E-state index < -0.39 is 24.3 Å². The molecule has 3 aliphatic rings. The number of pyridine rings is 1. The monoisotopic (exact) mass is 545 g/mol. The molecule has 0 radical (unpaired) electrons. The van der Waals surface area contributed by atoms with Crippen molar-refractivity contribution in [2.45, 2.75) is 77.2 Å². The van der Waals surface area contributed by atoms with Gasteiger partial charge in [0.1, 0.15) is 0 Å². The van der Waals surface area contributed by atoms with Crippen LogP contribution in [0.15, 0.2) is 42.7 Å². The molecule has 2 aromatic heterocycles. The number of carboxylic acid groups (broad SMARTS) is 1. The van der Waals surface area contributed by atoms with E-state index in [9.17, 15) is 14.7 Å². The first-order valence-corrected chi connectivity index (χ1v) is 13.9. The van der Waals surface area contributed by atoms with Gasteiger partial charge in [0.15, 0.2) is 0 Å². The van der Waals surface area contributed by atoms with Gasteiger partial charge in [-0.1, -0.05) is 24.3 Å². The first-order chi connectivity index (χ1) is 18.9. The third-order valence-electron chi connectivity index (χ3n) is 9.46. The van der Waals surface area contributed by atoms with Crippen molar-refractivity contribution >= 4 is 35.4 Å². The van der Waals surface area contributed by atoms with E-state index in [0.29, 0.717) is 30.8 Å². The van der Waals surface area contributed by atoms with Gasteiger partial charge in [0.2, 0.25) is 5.88 Å². The second-order valence-corrected chi connectivity index (χ2v) is 12.7. The van der Waals surface area contributed by atoms with Gasteiger partial charge in [-0.25, -0.2) is 4.98 Å². The van der Waals surface area contributed by atoms with Crippen molar-refractivity contribution in [3.63, 3.8) is 0 Å². The molecule has 1 spiro atoms. The highest BCUT2D eigenvalue weighted by Crippen LogP contribution is 2.58. The Bertz CT molecular complexity index is 1450. The van der Waals surface area contributed by atoms with Gasteiger partial charge in [0.05, 0.1) is 40.7 Å². The number of aromatic nitrogens is 2. The quantitative estimate of drug-likeness (QED) is 0.435. The predicted octanol–water partition coefficient (Wildman–Crippen LogP) is 3.77. The van der Waals surface area contributed by atoms with Crippen LogP contribution < -0.4 is 15.5 Å². The Hall–Kier alpha value is -3.37. The van der Waals surface area contributed by atoms with Crippen molar-refractivity contribution in [2.24, 2.45) is 11.3 Å². The number of methoxy groups -OCH3 is 1. The Kier molecular flexibility index (Phi) is 6.27. The highest BCUT2D eigenvalue weighted by Gasteiger charge is 2.55. The standard InChI is InChI=1S/C30H36BN3O6/c1-28(2)29(3,4)40-31(39-28)20-8-6-18(7-9-20)17-34-11-10-22-24(34)23(16-32-26(22)38-5)25(35)33-21-14-30(15-21)12-19(13-30)27(36)37/h6-11,16,19,21H,12-15,17H2,1-5H3,(H,33,35)(H,36,37). The summed E-state index contributed by atoms with van der Waals surface area (Å²) < 4.78 is 19.9. The van der Waals surface area contributed by atoms with Gasteiger partial charge in [-0.15, -0.1) is 0 Å². The number of carbonyl (C=O) groups excluding carboxylic acids is 1. The first kappa shape index (κ1) is 26.8. The lowest BCUT2D eigenvalue weighted by molar-refractivity contribution is -0.155. The number of ether oxygens (including phenoxy) is 1. The van der Waals surface area contributed by atoms with E-state index in [4.69, 9.17) is 14.0 Å². The fourth-order valence-corrected chi connectivity index (χ4v) is 6.46. The zero-order valence-electron chi connectivity index (χ0n) is 23.7. The van der Waals surface area contributed by atoms with Gasteiger partial charge in [-0.2, -0.15) is 0 Å². The van der Waals surface area contributed by atoms with Gasteiger partial charge in [-0.3, -0.25) is 9.59 Å². The number of amides is 1. The van der Waals surface area contributed by atoms with E-state index in [1.54, 1.807) is 13.3 Å². The molecule has 2 saturated carbocycles. The lowest BCUT2D eigenvalue weighted by atomic mass is 9.50. The Morgan fingerprint density at radius 1 is 1.07 bits per heavy atom. The van der Waals surface area contributed by atoms with E-state index in [1.165, 1.54) is 0 Å². The summed E-state index contributed by atoms with van der Waals surface area (Å²) in [5.41, 5.74) is 2.58. The van der Waals surface area contributed by atoms with Crippen LogP contribution >= 0.6 is 0 Å². The van der Waals surface area contributed by atoms with Crippen LogP contribution in [0.3, 0.4) is 0 Å². The third kappa shape index (κ3) is 4.47. The number of carbonyl (C=O) groups is 2. The van der Waals surface area contributed by atoms with Crippen molar-refractivity contribution in [2.75, 3.05) is 7.11 Å². The molecule has 2 aliphatic carbocycles. The summed E-state index contributed by atoms with van der Waals surface area (Å²) in [6, 6.07) is 10.1. The average Bonchev–Trinajstić information content (AvgIpc) is 3.36. The minimum Gasteiger partial charge on any atom is -0.481 e.